The molecule has 0 fully saturated rings. The van der Waals surface area contributed by atoms with Crippen LogP contribution in [-0.4, -0.2) is 5.78 Å². The van der Waals surface area contributed by atoms with E-state index in [0.717, 1.165) is 16.8 Å². The van der Waals surface area contributed by atoms with Crippen molar-refractivity contribution < 1.29 is 13.6 Å². The van der Waals surface area contributed by atoms with Crippen molar-refractivity contribution in [3.05, 3.63) is 114 Å². The predicted octanol–water partition coefficient (Wildman–Crippen LogP) is 4.75. The molecule has 0 amide bonds. The van der Waals surface area contributed by atoms with E-state index in [2.05, 4.69) is 5.32 Å². The van der Waals surface area contributed by atoms with Crippen LogP contribution in [-0.2, 0) is 6.54 Å². The Bertz CT molecular complexity index is 975. The fourth-order valence-electron chi connectivity index (χ4n) is 2.90. The van der Waals surface area contributed by atoms with Crippen LogP contribution in [0.2, 0.25) is 0 Å². The van der Waals surface area contributed by atoms with Crippen molar-refractivity contribution in [2.24, 2.45) is 0 Å². The predicted molar refractivity (Wildman–Crippen MR) is 99.2 cm³/mol. The Hall–Kier alpha value is -3.53. The number of benzene rings is 1. The van der Waals surface area contributed by atoms with E-state index in [4.69, 9.17) is 8.83 Å². The largest absolute Gasteiger partial charge is 0.463 e. The Kier molecular flexibility index (Phi) is 4.39. The molecule has 1 aromatic carbocycles. The standard InChI is InChI=1S/C22H17NO3/c24-22(20-12-6-14-26-20)18-10-4-9-17(18)21(19-11-5-13-25-19)23-15-16-7-2-1-3-8-16/h1-14,23H,15H2/b21-17-. The summed E-state index contributed by atoms with van der Waals surface area (Å²) in [6, 6.07) is 17.2. The van der Waals surface area contributed by atoms with E-state index in [1.165, 1.54) is 6.26 Å². The molecule has 0 spiro atoms. The smallest absolute Gasteiger partial charge is 0.228 e. The van der Waals surface area contributed by atoms with Crippen molar-refractivity contribution >= 4 is 11.5 Å². The van der Waals surface area contributed by atoms with Crippen LogP contribution in [0.25, 0.3) is 5.70 Å². The Morgan fingerprint density at radius 3 is 2.31 bits per heavy atom. The van der Waals surface area contributed by atoms with Crippen LogP contribution in [0, 0.1) is 0 Å². The minimum atomic E-state index is -0.152. The summed E-state index contributed by atoms with van der Waals surface area (Å²) >= 11 is 0. The quantitative estimate of drug-likeness (QED) is 0.656. The molecular weight excluding hydrogens is 326 g/mol. The van der Waals surface area contributed by atoms with E-state index in [-0.39, 0.29) is 5.78 Å². The third-order valence-corrected chi connectivity index (χ3v) is 4.15. The molecule has 0 atom stereocenters. The number of nitrogens with one attached hydrogen (secondary N) is 1. The van der Waals surface area contributed by atoms with E-state index in [9.17, 15) is 4.79 Å². The average molecular weight is 343 g/mol. The Labute approximate surface area is 151 Å². The van der Waals surface area contributed by atoms with Gasteiger partial charge in [0, 0.05) is 17.7 Å². The van der Waals surface area contributed by atoms with E-state index < -0.39 is 0 Å². The fraction of sp³-hybridized carbons (Fsp3) is 0.0455. The third-order valence-electron chi connectivity index (χ3n) is 4.15. The number of hydrogen-bond donors (Lipinski definition) is 1. The van der Waals surface area contributed by atoms with E-state index in [1.807, 2.05) is 54.6 Å². The molecule has 2 heterocycles. The molecule has 0 bridgehead atoms. The van der Waals surface area contributed by atoms with Crippen molar-refractivity contribution in [3.8, 4) is 0 Å². The van der Waals surface area contributed by atoms with Gasteiger partial charge in [0.1, 0.15) is 5.76 Å². The van der Waals surface area contributed by atoms with Gasteiger partial charge in [0.2, 0.25) is 5.78 Å². The van der Waals surface area contributed by atoms with Crippen molar-refractivity contribution in [3.63, 3.8) is 0 Å². The molecule has 3 aromatic rings. The minimum absolute atomic E-state index is 0.152. The normalized spacial score (nSPS) is 15.0. The molecule has 4 rings (SSSR count). The van der Waals surface area contributed by atoms with Gasteiger partial charge >= 0.3 is 0 Å². The summed E-state index contributed by atoms with van der Waals surface area (Å²) in [5.41, 5.74) is 3.28. The van der Waals surface area contributed by atoms with Crippen LogP contribution < -0.4 is 5.32 Å². The summed E-state index contributed by atoms with van der Waals surface area (Å²) in [5.74, 6) is 0.848. The molecule has 4 heteroatoms. The highest BCUT2D eigenvalue weighted by atomic mass is 16.3. The number of carbonyl (C=O) groups excluding carboxylic acids is 1. The van der Waals surface area contributed by atoms with Crippen LogP contribution in [0.15, 0.2) is 105 Å². The molecule has 0 saturated carbocycles. The number of carbonyl (C=O) groups is 1. The van der Waals surface area contributed by atoms with Gasteiger partial charge in [-0.05, 0) is 29.8 Å². The van der Waals surface area contributed by atoms with Gasteiger partial charge in [-0.1, -0.05) is 48.6 Å². The first-order valence-corrected chi connectivity index (χ1v) is 8.36. The molecule has 1 aliphatic carbocycles. The molecule has 0 saturated heterocycles. The van der Waals surface area contributed by atoms with Gasteiger partial charge in [-0.2, -0.15) is 0 Å². The second-order valence-corrected chi connectivity index (χ2v) is 5.85. The van der Waals surface area contributed by atoms with E-state index >= 15 is 0 Å². The zero-order valence-corrected chi connectivity index (χ0v) is 14.0. The molecule has 0 aliphatic heterocycles. The summed E-state index contributed by atoms with van der Waals surface area (Å²) < 4.78 is 10.9. The monoisotopic (exact) mass is 343 g/mol. The summed E-state index contributed by atoms with van der Waals surface area (Å²) in [5, 5.41) is 3.42. The number of hydrogen-bond acceptors (Lipinski definition) is 4. The molecule has 128 valence electrons. The van der Waals surface area contributed by atoms with Gasteiger partial charge in [0.15, 0.2) is 5.76 Å². The molecular formula is C22H17NO3. The Morgan fingerprint density at radius 1 is 0.885 bits per heavy atom. The lowest BCUT2D eigenvalue weighted by Gasteiger charge is -2.14. The maximum Gasteiger partial charge on any atom is 0.228 e. The highest BCUT2D eigenvalue weighted by molar-refractivity contribution is 6.12. The number of ketones is 1. The van der Waals surface area contributed by atoms with E-state index in [1.54, 1.807) is 24.5 Å². The molecule has 4 nitrogen and oxygen atoms in total. The van der Waals surface area contributed by atoms with Crippen molar-refractivity contribution in [1.82, 2.24) is 5.32 Å². The van der Waals surface area contributed by atoms with Gasteiger partial charge in [0.25, 0.3) is 0 Å². The van der Waals surface area contributed by atoms with Crippen molar-refractivity contribution in [2.75, 3.05) is 0 Å². The first-order valence-electron chi connectivity index (χ1n) is 8.36. The lowest BCUT2D eigenvalue weighted by atomic mass is 10.00. The Balaban J connectivity index is 1.69. The first-order chi connectivity index (χ1) is 12.8. The summed E-state index contributed by atoms with van der Waals surface area (Å²) in [6.07, 6.45) is 8.69. The van der Waals surface area contributed by atoms with Crippen LogP contribution in [0.3, 0.4) is 0 Å². The molecule has 1 aliphatic rings. The van der Waals surface area contributed by atoms with Gasteiger partial charge in [-0.3, -0.25) is 4.79 Å². The third kappa shape index (κ3) is 3.17. The van der Waals surface area contributed by atoms with Gasteiger partial charge < -0.3 is 14.2 Å². The van der Waals surface area contributed by atoms with Gasteiger partial charge in [-0.25, -0.2) is 0 Å². The zero-order chi connectivity index (χ0) is 17.8. The van der Waals surface area contributed by atoms with Crippen LogP contribution in [0.5, 0.6) is 0 Å². The number of allylic oxidation sites excluding steroid dienone is 5. The molecule has 0 unspecified atom stereocenters. The van der Waals surface area contributed by atoms with Crippen molar-refractivity contribution in [1.29, 1.82) is 0 Å². The van der Waals surface area contributed by atoms with Crippen LogP contribution >= 0.6 is 0 Å². The molecule has 2 aromatic heterocycles. The lowest BCUT2D eigenvalue weighted by Crippen LogP contribution is -2.15. The van der Waals surface area contributed by atoms with Gasteiger partial charge in [0.05, 0.1) is 18.2 Å². The number of rotatable bonds is 6. The SMILES string of the molecule is O=C(C1=CC=C/C1=C(/NCc1ccccc1)c1ccco1)c1ccco1. The fourth-order valence-corrected chi connectivity index (χ4v) is 2.90. The summed E-state index contributed by atoms with van der Waals surface area (Å²) in [4.78, 5) is 12.8. The Morgan fingerprint density at radius 2 is 1.62 bits per heavy atom. The second-order valence-electron chi connectivity index (χ2n) is 5.85. The molecule has 0 radical (unpaired) electrons. The topological polar surface area (TPSA) is 55.4 Å². The number of furan rings is 2. The highest BCUT2D eigenvalue weighted by Gasteiger charge is 2.24. The zero-order valence-electron chi connectivity index (χ0n) is 14.0. The van der Waals surface area contributed by atoms with E-state index in [0.29, 0.717) is 23.6 Å². The average Bonchev–Trinajstić information content (AvgIpc) is 3.44. The first kappa shape index (κ1) is 16.0. The molecule has 1 N–H and O–H groups in total. The second kappa shape index (κ2) is 7.15. The highest BCUT2D eigenvalue weighted by Crippen LogP contribution is 2.30. The van der Waals surface area contributed by atoms with Gasteiger partial charge in [-0.15, -0.1) is 0 Å². The van der Waals surface area contributed by atoms with Crippen LogP contribution in [0.1, 0.15) is 21.9 Å². The summed E-state index contributed by atoms with van der Waals surface area (Å²) in [7, 11) is 0. The van der Waals surface area contributed by atoms with Crippen molar-refractivity contribution in [2.45, 2.75) is 6.54 Å². The van der Waals surface area contributed by atoms with Crippen LogP contribution in [0.4, 0.5) is 0 Å². The maximum absolute atomic E-state index is 12.8. The minimum Gasteiger partial charge on any atom is -0.463 e. The molecule has 26 heavy (non-hydrogen) atoms. The lowest BCUT2D eigenvalue weighted by molar-refractivity contribution is 0.101. The maximum atomic E-state index is 12.8. The number of Topliss-reactive ketones (excluding diaryl/α,β-unsaturated/α-hetero) is 1. The summed E-state index contributed by atoms with van der Waals surface area (Å²) in [6.45, 7) is 0.621.